The van der Waals surface area contributed by atoms with Crippen LogP contribution in [0, 0.1) is 0 Å². The number of nitrogens with one attached hydrogen (secondary N) is 1. The Morgan fingerprint density at radius 2 is 1.85 bits per heavy atom. The fourth-order valence-electron chi connectivity index (χ4n) is 2.17. The first-order valence-corrected chi connectivity index (χ1v) is 8.55. The predicted octanol–water partition coefficient (Wildman–Crippen LogP) is 5.08. The van der Waals surface area contributed by atoms with Crippen molar-refractivity contribution in [1.29, 1.82) is 0 Å². The van der Waals surface area contributed by atoms with E-state index in [0.717, 1.165) is 0 Å². The van der Waals surface area contributed by atoms with E-state index in [9.17, 15) is 4.79 Å². The number of amides is 1. The average molecular weight is 392 g/mol. The first-order chi connectivity index (χ1) is 12.4. The highest BCUT2D eigenvalue weighted by molar-refractivity contribution is 6.36. The van der Waals surface area contributed by atoms with Crippen LogP contribution in [0.5, 0.6) is 5.75 Å². The third kappa shape index (κ3) is 4.33. The van der Waals surface area contributed by atoms with E-state index in [2.05, 4.69) is 15.5 Å². The highest BCUT2D eigenvalue weighted by atomic mass is 35.5. The second-order valence-electron chi connectivity index (χ2n) is 5.68. The zero-order valence-electron chi connectivity index (χ0n) is 14.0. The molecule has 0 saturated heterocycles. The van der Waals surface area contributed by atoms with Crippen LogP contribution in [0.3, 0.4) is 0 Å². The average Bonchev–Trinajstić information content (AvgIpc) is 3.03. The van der Waals surface area contributed by atoms with Gasteiger partial charge in [-0.15, -0.1) is 5.10 Å². The normalized spacial score (nSPS) is 10.8. The number of anilines is 1. The zero-order chi connectivity index (χ0) is 18.7. The molecule has 1 heterocycles. The summed E-state index contributed by atoms with van der Waals surface area (Å²) in [5.41, 5.74) is 0.963. The van der Waals surface area contributed by atoms with Gasteiger partial charge in [-0.3, -0.25) is 10.1 Å². The second kappa shape index (κ2) is 7.76. The van der Waals surface area contributed by atoms with Gasteiger partial charge in [-0.2, -0.15) is 0 Å². The van der Waals surface area contributed by atoms with Gasteiger partial charge in [-0.1, -0.05) is 28.3 Å². The number of hydrogen-bond donors (Lipinski definition) is 1. The van der Waals surface area contributed by atoms with Crippen molar-refractivity contribution in [2.24, 2.45) is 0 Å². The maximum Gasteiger partial charge on any atom is 0.322 e. The fraction of sp³-hybridized carbons (Fsp3) is 0.167. The molecule has 0 aliphatic carbocycles. The molecule has 134 valence electrons. The lowest BCUT2D eigenvalue weighted by Crippen LogP contribution is -2.12. The molecular weight excluding hydrogens is 377 g/mol. The summed E-state index contributed by atoms with van der Waals surface area (Å²) in [6, 6.07) is 11.6. The van der Waals surface area contributed by atoms with Gasteiger partial charge in [0.1, 0.15) is 5.75 Å². The number of ether oxygens (including phenoxy) is 1. The largest absolute Gasteiger partial charge is 0.491 e. The molecule has 0 aliphatic rings. The molecule has 1 N–H and O–H groups in total. The van der Waals surface area contributed by atoms with Crippen LogP contribution in [0.2, 0.25) is 10.0 Å². The molecule has 1 aromatic heterocycles. The van der Waals surface area contributed by atoms with Crippen LogP contribution in [0.25, 0.3) is 11.5 Å². The number of hydrogen-bond acceptors (Lipinski definition) is 5. The molecule has 2 aromatic carbocycles. The zero-order valence-corrected chi connectivity index (χ0v) is 15.5. The number of benzene rings is 2. The third-order valence-electron chi connectivity index (χ3n) is 3.30. The van der Waals surface area contributed by atoms with Gasteiger partial charge in [0.2, 0.25) is 0 Å². The van der Waals surface area contributed by atoms with E-state index < -0.39 is 0 Å². The molecule has 1 amide bonds. The number of carbonyl (C=O) groups is 1. The molecule has 6 nitrogen and oxygen atoms in total. The molecule has 3 rings (SSSR count). The molecule has 8 heteroatoms. The van der Waals surface area contributed by atoms with Crippen LogP contribution in [-0.4, -0.2) is 22.2 Å². The maximum atomic E-state index is 12.3. The first-order valence-electron chi connectivity index (χ1n) is 7.79. The summed E-state index contributed by atoms with van der Waals surface area (Å²) in [6.07, 6.45) is 0.0613. The highest BCUT2D eigenvalue weighted by Crippen LogP contribution is 2.30. The predicted molar refractivity (Wildman–Crippen MR) is 99.9 cm³/mol. The van der Waals surface area contributed by atoms with Gasteiger partial charge in [0.05, 0.1) is 16.7 Å². The number of nitrogens with zero attached hydrogens (tertiary/aromatic N) is 2. The van der Waals surface area contributed by atoms with E-state index in [1.54, 1.807) is 42.5 Å². The fourth-order valence-corrected chi connectivity index (χ4v) is 2.66. The van der Waals surface area contributed by atoms with Crippen LogP contribution < -0.4 is 10.1 Å². The number of rotatable bonds is 5. The van der Waals surface area contributed by atoms with Gasteiger partial charge in [0.25, 0.3) is 11.8 Å². The van der Waals surface area contributed by atoms with E-state index in [4.69, 9.17) is 32.4 Å². The summed E-state index contributed by atoms with van der Waals surface area (Å²) in [7, 11) is 0. The summed E-state index contributed by atoms with van der Waals surface area (Å²) in [5.74, 6) is 0.496. The lowest BCUT2D eigenvalue weighted by Gasteiger charge is -2.09. The Balaban J connectivity index is 1.71. The summed E-state index contributed by atoms with van der Waals surface area (Å²) in [4.78, 5) is 12.3. The maximum absolute atomic E-state index is 12.3. The van der Waals surface area contributed by atoms with Gasteiger partial charge in [-0.25, -0.2) is 0 Å². The molecular formula is C18H15Cl2N3O3. The molecule has 0 fully saturated rings. The molecule has 0 atom stereocenters. The molecule has 0 saturated carbocycles. The number of aromatic nitrogens is 2. The van der Waals surface area contributed by atoms with E-state index in [0.29, 0.717) is 26.9 Å². The molecule has 0 radical (unpaired) electrons. The Morgan fingerprint density at radius 3 is 2.50 bits per heavy atom. The van der Waals surface area contributed by atoms with Crippen molar-refractivity contribution in [3.63, 3.8) is 0 Å². The van der Waals surface area contributed by atoms with Crippen molar-refractivity contribution in [1.82, 2.24) is 10.2 Å². The van der Waals surface area contributed by atoms with Crippen LogP contribution in [0.1, 0.15) is 24.2 Å². The van der Waals surface area contributed by atoms with E-state index in [1.165, 1.54) is 0 Å². The Morgan fingerprint density at radius 1 is 1.12 bits per heavy atom. The molecule has 0 aliphatic heterocycles. The molecule has 0 spiro atoms. The standard InChI is InChI=1S/C18H15Cl2N3O3/c1-10(2)25-13-6-3-11(4-7-13)16(24)21-18-23-22-17(26-18)14-8-5-12(19)9-15(14)20/h3-10H,1-2H3,(H,21,23,24). The van der Waals surface area contributed by atoms with Gasteiger partial charge < -0.3 is 9.15 Å². The SMILES string of the molecule is CC(C)Oc1ccc(C(=O)Nc2nnc(-c3ccc(Cl)cc3Cl)o2)cc1. The summed E-state index contributed by atoms with van der Waals surface area (Å²) < 4.78 is 11.0. The van der Waals surface area contributed by atoms with Crippen molar-refractivity contribution in [2.45, 2.75) is 20.0 Å². The lowest BCUT2D eigenvalue weighted by molar-refractivity contribution is 0.102. The minimum absolute atomic E-state index is 0.0291. The summed E-state index contributed by atoms with van der Waals surface area (Å²) in [5, 5.41) is 11.1. The van der Waals surface area contributed by atoms with Crippen molar-refractivity contribution < 1.29 is 13.9 Å². The van der Waals surface area contributed by atoms with Crippen LogP contribution in [0.15, 0.2) is 46.9 Å². The Kier molecular flexibility index (Phi) is 5.44. The Bertz CT molecular complexity index is 924. The lowest BCUT2D eigenvalue weighted by atomic mass is 10.2. The minimum Gasteiger partial charge on any atom is -0.491 e. The van der Waals surface area contributed by atoms with E-state index in [1.807, 2.05) is 13.8 Å². The van der Waals surface area contributed by atoms with Gasteiger partial charge in [-0.05, 0) is 56.3 Å². The van der Waals surface area contributed by atoms with E-state index in [-0.39, 0.29) is 23.9 Å². The summed E-state index contributed by atoms with van der Waals surface area (Å²) >= 11 is 12.0. The second-order valence-corrected chi connectivity index (χ2v) is 6.53. The number of carbonyl (C=O) groups excluding carboxylic acids is 1. The summed E-state index contributed by atoms with van der Waals surface area (Å²) in [6.45, 7) is 3.86. The van der Waals surface area contributed by atoms with Crippen molar-refractivity contribution >= 4 is 35.1 Å². The highest BCUT2D eigenvalue weighted by Gasteiger charge is 2.15. The molecule has 0 unspecified atom stereocenters. The first kappa shape index (κ1) is 18.2. The molecule has 0 bridgehead atoms. The van der Waals surface area contributed by atoms with Crippen molar-refractivity contribution in [2.75, 3.05) is 5.32 Å². The third-order valence-corrected chi connectivity index (χ3v) is 3.84. The topological polar surface area (TPSA) is 77.2 Å². The van der Waals surface area contributed by atoms with Crippen LogP contribution in [-0.2, 0) is 0 Å². The van der Waals surface area contributed by atoms with Crippen molar-refractivity contribution in [3.05, 3.63) is 58.1 Å². The van der Waals surface area contributed by atoms with Crippen LogP contribution >= 0.6 is 23.2 Å². The number of halogens is 2. The van der Waals surface area contributed by atoms with Gasteiger partial charge in [0.15, 0.2) is 0 Å². The molecule has 3 aromatic rings. The quantitative estimate of drug-likeness (QED) is 0.655. The monoisotopic (exact) mass is 391 g/mol. The Hall–Kier alpha value is -2.57. The van der Waals surface area contributed by atoms with Crippen LogP contribution in [0.4, 0.5) is 6.01 Å². The van der Waals surface area contributed by atoms with E-state index >= 15 is 0 Å². The molecule has 26 heavy (non-hydrogen) atoms. The van der Waals surface area contributed by atoms with Gasteiger partial charge in [0, 0.05) is 10.6 Å². The minimum atomic E-state index is -0.376. The Labute approximate surface area is 160 Å². The van der Waals surface area contributed by atoms with Gasteiger partial charge >= 0.3 is 6.01 Å². The smallest absolute Gasteiger partial charge is 0.322 e. The van der Waals surface area contributed by atoms with Crippen molar-refractivity contribution in [3.8, 4) is 17.2 Å².